The largest absolute Gasteiger partial charge is 0.460 e. The van der Waals surface area contributed by atoms with Gasteiger partial charge < -0.3 is 0 Å². The van der Waals surface area contributed by atoms with Gasteiger partial charge in [0.2, 0.25) is 0 Å². The van der Waals surface area contributed by atoms with Gasteiger partial charge in [-0.25, -0.2) is 0 Å². The van der Waals surface area contributed by atoms with Crippen molar-refractivity contribution in [1.29, 1.82) is 0 Å². The average molecular weight is 464 g/mol. The Bertz CT molecular complexity index is 541. The van der Waals surface area contributed by atoms with E-state index in [1.807, 2.05) is 0 Å². The zero-order chi connectivity index (χ0) is 23.4. The number of hydrogen-bond acceptors (Lipinski definition) is 0. The van der Waals surface area contributed by atoms with Gasteiger partial charge in [0.25, 0.3) is 5.41 Å². The fourth-order valence-electron chi connectivity index (χ4n) is 1.49. The molecule has 0 fully saturated rings. The molecule has 0 atom stereocenters. The van der Waals surface area contributed by atoms with E-state index in [0.29, 0.717) is 0 Å². The van der Waals surface area contributed by atoms with E-state index >= 15 is 0 Å². The van der Waals surface area contributed by atoms with Crippen LogP contribution in [0.5, 0.6) is 0 Å². The molecule has 0 spiro atoms. The molecular formula is C10H2F18. The molecule has 0 heterocycles. The number of alkyl halides is 18. The Morgan fingerprint density at radius 1 is 0.321 bits per heavy atom. The first-order valence-electron chi connectivity index (χ1n) is 5.81. The van der Waals surface area contributed by atoms with E-state index < -0.39 is 60.0 Å². The van der Waals surface area contributed by atoms with Crippen molar-refractivity contribution in [2.75, 3.05) is 0 Å². The smallest absolute Gasteiger partial charge is 0.195 e. The standard InChI is InChI=1S/C10H2F18/c11-4(12,5(13,14)6(15,16)10(26,27)28)2-1-3(7(17,18)19,8(20,21)22)9(23,24)25/h1-2H/b2-1+. The fraction of sp³-hybridized carbons (Fsp3) is 0.800. The average Bonchev–Trinajstić information content (AvgIpc) is 2.31. The van der Waals surface area contributed by atoms with Crippen molar-refractivity contribution in [3.63, 3.8) is 0 Å². The minimum Gasteiger partial charge on any atom is -0.195 e. The normalized spacial score (nSPS) is 16.8. The first-order chi connectivity index (χ1) is 11.7. The molecule has 18 heteroatoms. The van der Waals surface area contributed by atoms with Gasteiger partial charge in [0.15, 0.2) is 0 Å². The van der Waals surface area contributed by atoms with E-state index in [4.69, 9.17) is 0 Å². The lowest BCUT2D eigenvalue weighted by Crippen LogP contribution is -2.61. The van der Waals surface area contributed by atoms with Crippen molar-refractivity contribution >= 4 is 0 Å². The van der Waals surface area contributed by atoms with Gasteiger partial charge in [-0.05, 0) is 12.2 Å². The fourth-order valence-corrected chi connectivity index (χ4v) is 1.49. The number of allylic oxidation sites excluding steroid dienone is 2. The second-order valence-corrected chi connectivity index (χ2v) is 4.90. The summed E-state index contributed by atoms with van der Waals surface area (Å²) in [5.41, 5.74) is -7.28. The lowest BCUT2D eigenvalue weighted by molar-refractivity contribution is -0.408. The molecule has 168 valence electrons. The molecule has 0 aliphatic rings. The van der Waals surface area contributed by atoms with Crippen molar-refractivity contribution < 1.29 is 79.0 Å². The molecule has 0 saturated carbocycles. The third-order valence-corrected chi connectivity index (χ3v) is 3.05. The number of hydrogen-bond donors (Lipinski definition) is 0. The van der Waals surface area contributed by atoms with Crippen LogP contribution in [-0.4, -0.2) is 42.5 Å². The van der Waals surface area contributed by atoms with E-state index in [1.165, 1.54) is 0 Å². The van der Waals surface area contributed by atoms with Crippen molar-refractivity contribution in [2.45, 2.75) is 42.5 Å². The van der Waals surface area contributed by atoms with Crippen molar-refractivity contribution in [3.8, 4) is 0 Å². The Hall–Kier alpha value is -1.52. The van der Waals surface area contributed by atoms with Crippen LogP contribution < -0.4 is 0 Å². The third-order valence-electron chi connectivity index (χ3n) is 3.05. The Morgan fingerprint density at radius 2 is 0.607 bits per heavy atom. The van der Waals surface area contributed by atoms with Crippen LogP contribution in [0.1, 0.15) is 0 Å². The second-order valence-electron chi connectivity index (χ2n) is 4.90. The summed E-state index contributed by atoms with van der Waals surface area (Å²) in [6, 6.07) is 0. The number of halogens is 18. The maximum atomic E-state index is 13.0. The molecule has 0 aromatic rings. The van der Waals surface area contributed by atoms with Crippen LogP contribution in [-0.2, 0) is 0 Å². The van der Waals surface area contributed by atoms with Gasteiger partial charge in [-0.2, -0.15) is 79.0 Å². The minimum atomic E-state index is -7.76. The van der Waals surface area contributed by atoms with Gasteiger partial charge in [0, 0.05) is 0 Å². The molecule has 0 N–H and O–H groups in total. The second kappa shape index (κ2) is 6.50. The zero-order valence-electron chi connectivity index (χ0n) is 12.0. The van der Waals surface area contributed by atoms with E-state index in [0.717, 1.165) is 0 Å². The molecular weight excluding hydrogens is 462 g/mol. The molecule has 0 aromatic carbocycles. The topological polar surface area (TPSA) is 0 Å². The zero-order valence-corrected chi connectivity index (χ0v) is 12.0. The summed E-state index contributed by atoms with van der Waals surface area (Å²) in [4.78, 5) is 0. The summed E-state index contributed by atoms with van der Waals surface area (Å²) in [6.45, 7) is 0. The molecule has 0 bridgehead atoms. The lowest BCUT2D eigenvalue weighted by Gasteiger charge is -2.37. The van der Waals surface area contributed by atoms with Gasteiger partial charge in [-0.1, -0.05) is 0 Å². The SMILES string of the molecule is FC(F)(F)C(F)(F)C(F)(F)C(F)(F)/C=C/C(C(F)(F)F)(C(F)(F)F)C(F)(F)F. The Morgan fingerprint density at radius 3 is 0.821 bits per heavy atom. The Kier molecular flexibility index (Phi) is 6.14. The molecule has 0 amide bonds. The van der Waals surface area contributed by atoms with Gasteiger partial charge in [-0.3, -0.25) is 0 Å². The van der Waals surface area contributed by atoms with E-state index in [1.54, 1.807) is 0 Å². The molecule has 0 aliphatic carbocycles. The molecule has 0 nitrogen and oxygen atoms in total. The first-order valence-corrected chi connectivity index (χ1v) is 5.81. The first kappa shape index (κ1) is 26.5. The summed E-state index contributed by atoms with van der Waals surface area (Å²) in [7, 11) is 0. The highest BCUT2D eigenvalue weighted by Gasteiger charge is 2.84. The van der Waals surface area contributed by atoms with E-state index in [2.05, 4.69) is 0 Å². The lowest BCUT2D eigenvalue weighted by atomic mass is 9.83. The maximum Gasteiger partial charge on any atom is 0.460 e. The molecule has 0 saturated heterocycles. The predicted octanol–water partition coefficient (Wildman–Crippen LogP) is 6.68. The molecule has 0 rings (SSSR count). The Balaban J connectivity index is 6.74. The highest BCUT2D eigenvalue weighted by atomic mass is 19.4. The highest BCUT2D eigenvalue weighted by molar-refractivity contribution is 5.19. The molecule has 0 radical (unpaired) electrons. The van der Waals surface area contributed by atoms with Crippen molar-refractivity contribution in [3.05, 3.63) is 12.2 Å². The Labute approximate surface area is 140 Å². The molecule has 0 aliphatic heterocycles. The third kappa shape index (κ3) is 3.81. The summed E-state index contributed by atoms with van der Waals surface area (Å²) in [5.74, 6) is -22.7. The molecule has 0 unspecified atom stereocenters. The van der Waals surface area contributed by atoms with Crippen LogP contribution in [0.2, 0.25) is 0 Å². The summed E-state index contributed by atoms with van der Waals surface area (Å²) >= 11 is 0. The van der Waals surface area contributed by atoms with Crippen LogP contribution in [0.25, 0.3) is 0 Å². The van der Waals surface area contributed by atoms with Gasteiger partial charge >= 0.3 is 42.5 Å². The number of rotatable bonds is 4. The molecule has 0 aromatic heterocycles. The van der Waals surface area contributed by atoms with Crippen LogP contribution in [0, 0.1) is 5.41 Å². The maximum absolute atomic E-state index is 13.0. The summed E-state index contributed by atoms with van der Waals surface area (Å²) in [5, 5.41) is 0. The van der Waals surface area contributed by atoms with Crippen molar-refractivity contribution in [2.24, 2.45) is 5.41 Å². The van der Waals surface area contributed by atoms with Gasteiger partial charge in [0.1, 0.15) is 0 Å². The quantitative estimate of drug-likeness (QED) is 0.322. The van der Waals surface area contributed by atoms with E-state index in [9.17, 15) is 79.0 Å². The van der Waals surface area contributed by atoms with E-state index in [-0.39, 0.29) is 0 Å². The van der Waals surface area contributed by atoms with Crippen LogP contribution in [0.4, 0.5) is 79.0 Å². The molecule has 28 heavy (non-hydrogen) atoms. The van der Waals surface area contributed by atoms with Crippen LogP contribution >= 0.6 is 0 Å². The van der Waals surface area contributed by atoms with Gasteiger partial charge in [0.05, 0.1) is 0 Å². The van der Waals surface area contributed by atoms with Crippen molar-refractivity contribution in [1.82, 2.24) is 0 Å². The minimum absolute atomic E-state index is 2.65. The highest BCUT2D eigenvalue weighted by Crippen LogP contribution is 2.61. The summed E-state index contributed by atoms with van der Waals surface area (Å²) < 4.78 is 224. The van der Waals surface area contributed by atoms with Crippen LogP contribution in [0.15, 0.2) is 12.2 Å². The van der Waals surface area contributed by atoms with Crippen LogP contribution in [0.3, 0.4) is 0 Å². The monoisotopic (exact) mass is 464 g/mol. The van der Waals surface area contributed by atoms with Gasteiger partial charge in [-0.15, -0.1) is 0 Å². The predicted molar refractivity (Wildman–Crippen MR) is 50.6 cm³/mol. The summed E-state index contributed by atoms with van der Waals surface area (Å²) in [6.07, 6.45) is -35.6.